The Labute approximate surface area is 106 Å². The molecule has 3 unspecified atom stereocenters. The summed E-state index contributed by atoms with van der Waals surface area (Å²) in [6.45, 7) is 9.15. The molecule has 0 amide bonds. The zero-order valence-corrected chi connectivity index (χ0v) is 13.0. The highest BCUT2D eigenvalue weighted by atomic mass is 28.4. The van der Waals surface area contributed by atoms with Gasteiger partial charge in [0.15, 0.2) is 0 Å². The van der Waals surface area contributed by atoms with Gasteiger partial charge in [-0.3, -0.25) is 0 Å². The van der Waals surface area contributed by atoms with Gasteiger partial charge in [0.05, 0.1) is 6.10 Å². The summed E-state index contributed by atoms with van der Waals surface area (Å²) in [5.41, 5.74) is 0.664. The van der Waals surface area contributed by atoms with Gasteiger partial charge in [-0.15, -0.1) is 0 Å². The van der Waals surface area contributed by atoms with Crippen LogP contribution in [-0.4, -0.2) is 29.1 Å². The van der Waals surface area contributed by atoms with Crippen LogP contribution in [0.2, 0.25) is 6.55 Å². The van der Waals surface area contributed by atoms with Crippen LogP contribution >= 0.6 is 0 Å². The molecule has 0 saturated heterocycles. The van der Waals surface area contributed by atoms with E-state index in [-0.39, 0.29) is 5.41 Å². The van der Waals surface area contributed by atoms with Crippen LogP contribution in [0.3, 0.4) is 0 Å². The molecule has 2 rings (SSSR count). The van der Waals surface area contributed by atoms with Gasteiger partial charge in [-0.2, -0.15) is 0 Å². The molecule has 0 aliphatic heterocycles. The third kappa shape index (κ3) is 1.81. The molecule has 2 saturated carbocycles. The Morgan fingerprint density at radius 3 is 2.06 bits per heavy atom. The standard InChI is InChI=1S/C13H26O3Si/c1-12(2)10-7-8-13(12,3)11(9-10)16-17(6,14-4)15-5/h10-11H,7-9H2,1-6H3. The lowest BCUT2D eigenvalue weighted by molar-refractivity contribution is -0.0216. The van der Waals surface area contributed by atoms with E-state index >= 15 is 0 Å². The van der Waals surface area contributed by atoms with Crippen LogP contribution < -0.4 is 0 Å². The molecular weight excluding hydrogens is 232 g/mol. The van der Waals surface area contributed by atoms with Gasteiger partial charge in [0.2, 0.25) is 0 Å². The Morgan fingerprint density at radius 1 is 1.12 bits per heavy atom. The van der Waals surface area contributed by atoms with Crippen molar-refractivity contribution in [1.29, 1.82) is 0 Å². The van der Waals surface area contributed by atoms with E-state index in [9.17, 15) is 0 Å². The number of hydrogen-bond acceptors (Lipinski definition) is 3. The molecule has 0 aromatic carbocycles. The largest absolute Gasteiger partial charge is 0.497 e. The van der Waals surface area contributed by atoms with E-state index < -0.39 is 8.80 Å². The van der Waals surface area contributed by atoms with Crippen molar-refractivity contribution in [3.8, 4) is 0 Å². The fourth-order valence-electron chi connectivity index (χ4n) is 3.75. The van der Waals surface area contributed by atoms with Crippen LogP contribution in [0.15, 0.2) is 0 Å². The fourth-order valence-corrected chi connectivity index (χ4v) is 4.98. The van der Waals surface area contributed by atoms with Gasteiger partial charge in [0, 0.05) is 20.8 Å². The summed E-state index contributed by atoms with van der Waals surface area (Å²) in [6.07, 6.45) is 4.08. The molecule has 3 atom stereocenters. The second-order valence-electron chi connectivity index (χ2n) is 6.49. The van der Waals surface area contributed by atoms with Crippen molar-refractivity contribution in [3.05, 3.63) is 0 Å². The van der Waals surface area contributed by atoms with Crippen molar-refractivity contribution in [2.45, 2.75) is 52.7 Å². The molecule has 2 aliphatic carbocycles. The molecule has 17 heavy (non-hydrogen) atoms. The summed E-state index contributed by atoms with van der Waals surface area (Å²) < 4.78 is 17.2. The summed E-state index contributed by atoms with van der Waals surface area (Å²) in [7, 11) is 0.972. The summed E-state index contributed by atoms with van der Waals surface area (Å²) in [5.74, 6) is 0.796. The van der Waals surface area contributed by atoms with E-state index in [0.29, 0.717) is 11.5 Å². The average Bonchev–Trinajstić information content (AvgIpc) is 2.62. The van der Waals surface area contributed by atoms with Crippen LogP contribution in [-0.2, 0) is 13.3 Å². The Hall–Kier alpha value is 0.0969. The smallest absolute Gasteiger partial charge is 0.377 e. The summed E-state index contributed by atoms with van der Waals surface area (Å²) in [6, 6.07) is 0. The first kappa shape index (κ1) is 13.5. The summed E-state index contributed by atoms with van der Waals surface area (Å²) in [5, 5.41) is 0. The van der Waals surface area contributed by atoms with Gasteiger partial charge in [0.25, 0.3) is 0 Å². The van der Waals surface area contributed by atoms with Crippen LogP contribution in [0.4, 0.5) is 0 Å². The molecule has 0 aromatic rings. The average molecular weight is 258 g/mol. The van der Waals surface area contributed by atoms with Crippen molar-refractivity contribution in [1.82, 2.24) is 0 Å². The monoisotopic (exact) mass is 258 g/mol. The van der Waals surface area contributed by atoms with Crippen LogP contribution in [0, 0.1) is 16.7 Å². The lowest BCUT2D eigenvalue weighted by Gasteiger charge is -2.41. The van der Waals surface area contributed by atoms with Crippen LogP contribution in [0.5, 0.6) is 0 Å². The maximum absolute atomic E-state index is 6.26. The minimum Gasteiger partial charge on any atom is -0.377 e. The highest BCUT2D eigenvalue weighted by molar-refractivity contribution is 6.59. The van der Waals surface area contributed by atoms with Crippen molar-refractivity contribution < 1.29 is 13.3 Å². The highest BCUT2D eigenvalue weighted by Gasteiger charge is 2.63. The topological polar surface area (TPSA) is 27.7 Å². The minimum absolute atomic E-state index is 0.281. The predicted molar refractivity (Wildman–Crippen MR) is 69.7 cm³/mol. The van der Waals surface area contributed by atoms with Gasteiger partial charge in [-0.05, 0) is 36.0 Å². The van der Waals surface area contributed by atoms with Crippen molar-refractivity contribution in [2.24, 2.45) is 16.7 Å². The molecule has 2 bridgehead atoms. The SMILES string of the molecule is CO[Si](C)(OC)OC1CC2CCC1(C)C2(C)C. The maximum Gasteiger partial charge on any atom is 0.497 e. The third-order valence-electron chi connectivity index (χ3n) is 5.81. The highest BCUT2D eigenvalue weighted by Crippen LogP contribution is 2.66. The molecule has 0 heterocycles. The van der Waals surface area contributed by atoms with Gasteiger partial charge >= 0.3 is 8.80 Å². The molecule has 0 spiro atoms. The second-order valence-corrected chi connectivity index (χ2v) is 9.26. The van der Waals surface area contributed by atoms with Gasteiger partial charge in [-0.1, -0.05) is 20.8 Å². The molecule has 100 valence electrons. The molecule has 2 fully saturated rings. The Balaban J connectivity index is 2.16. The number of rotatable bonds is 4. The zero-order chi connectivity index (χ0) is 12.9. The maximum atomic E-state index is 6.26. The minimum atomic E-state index is -2.41. The Morgan fingerprint density at radius 2 is 1.71 bits per heavy atom. The normalized spacial score (nSPS) is 39.9. The van der Waals surface area contributed by atoms with E-state index in [1.165, 1.54) is 19.3 Å². The van der Waals surface area contributed by atoms with Gasteiger partial charge in [-0.25, -0.2) is 0 Å². The first-order valence-corrected chi connectivity index (χ1v) is 8.79. The molecule has 4 heteroatoms. The van der Waals surface area contributed by atoms with E-state index in [0.717, 1.165) is 5.92 Å². The van der Waals surface area contributed by atoms with Crippen LogP contribution in [0.25, 0.3) is 0 Å². The number of fused-ring (bicyclic) bond motifs is 2. The van der Waals surface area contributed by atoms with Gasteiger partial charge in [0.1, 0.15) is 0 Å². The molecule has 2 aliphatic rings. The first-order chi connectivity index (χ1) is 7.79. The number of hydrogen-bond donors (Lipinski definition) is 0. The van der Waals surface area contributed by atoms with Crippen molar-refractivity contribution in [2.75, 3.05) is 14.2 Å². The van der Waals surface area contributed by atoms with Crippen molar-refractivity contribution >= 4 is 8.80 Å². The molecule has 3 nitrogen and oxygen atoms in total. The summed E-state index contributed by atoms with van der Waals surface area (Å²) in [4.78, 5) is 0. The van der Waals surface area contributed by atoms with E-state index in [1.54, 1.807) is 14.2 Å². The molecule has 0 aromatic heterocycles. The Bertz CT molecular complexity index is 301. The van der Waals surface area contributed by atoms with Crippen LogP contribution in [0.1, 0.15) is 40.0 Å². The third-order valence-corrected chi connectivity index (χ3v) is 8.01. The van der Waals surface area contributed by atoms with E-state index in [1.807, 2.05) is 6.55 Å². The molecule has 0 radical (unpaired) electrons. The summed E-state index contributed by atoms with van der Waals surface area (Å²) >= 11 is 0. The molecular formula is C13H26O3Si. The van der Waals surface area contributed by atoms with E-state index in [4.69, 9.17) is 13.3 Å². The Kier molecular flexibility index (Phi) is 3.22. The zero-order valence-electron chi connectivity index (χ0n) is 12.0. The van der Waals surface area contributed by atoms with Gasteiger partial charge < -0.3 is 13.3 Å². The lowest BCUT2D eigenvalue weighted by atomic mass is 9.70. The molecule has 0 N–H and O–H groups in total. The first-order valence-electron chi connectivity index (χ1n) is 6.57. The van der Waals surface area contributed by atoms with E-state index in [2.05, 4.69) is 20.8 Å². The predicted octanol–water partition coefficient (Wildman–Crippen LogP) is 3.08. The second kappa shape index (κ2) is 4.05. The fraction of sp³-hybridized carbons (Fsp3) is 1.00. The lowest BCUT2D eigenvalue weighted by Crippen LogP contribution is -2.48. The quantitative estimate of drug-likeness (QED) is 0.725. The van der Waals surface area contributed by atoms with Crippen molar-refractivity contribution in [3.63, 3.8) is 0 Å².